The Labute approximate surface area is 132 Å². The molecule has 2 amide bonds. The monoisotopic (exact) mass is 314 g/mol. The number of carbonyl (C=O) groups is 2. The van der Waals surface area contributed by atoms with Gasteiger partial charge in [-0.1, -0.05) is 6.07 Å². The van der Waals surface area contributed by atoms with Crippen LogP contribution in [0.3, 0.4) is 0 Å². The Hall–Kier alpha value is -2.89. The van der Waals surface area contributed by atoms with Crippen LogP contribution in [-0.2, 0) is 9.59 Å². The van der Waals surface area contributed by atoms with Crippen molar-refractivity contribution in [3.8, 4) is 5.75 Å². The number of ether oxygens (including phenoxy) is 1. The summed E-state index contributed by atoms with van der Waals surface area (Å²) in [5.74, 6) is -1.04. The summed E-state index contributed by atoms with van der Waals surface area (Å²) >= 11 is 0. The number of hydrogen-bond donors (Lipinski definition) is 2. The van der Waals surface area contributed by atoms with Gasteiger partial charge in [0.1, 0.15) is 11.6 Å². The summed E-state index contributed by atoms with van der Waals surface area (Å²) in [4.78, 5) is 24.3. The first kappa shape index (κ1) is 15.0. The molecule has 1 unspecified atom stereocenters. The molecule has 1 aliphatic heterocycles. The number of amides is 2. The SMILES string of the molecule is COc1ccc(NC(=O)C2CC(=O)Nc3cc(F)ccc32)cc1. The Kier molecular flexibility index (Phi) is 3.97. The maximum Gasteiger partial charge on any atom is 0.232 e. The van der Waals surface area contributed by atoms with Gasteiger partial charge in [-0.2, -0.15) is 0 Å². The van der Waals surface area contributed by atoms with Gasteiger partial charge in [-0.25, -0.2) is 4.39 Å². The van der Waals surface area contributed by atoms with Crippen LogP contribution in [-0.4, -0.2) is 18.9 Å². The molecule has 2 aromatic rings. The largest absolute Gasteiger partial charge is 0.497 e. The maximum atomic E-state index is 13.3. The van der Waals surface area contributed by atoms with E-state index in [2.05, 4.69) is 10.6 Å². The van der Waals surface area contributed by atoms with Crippen LogP contribution in [0.4, 0.5) is 15.8 Å². The number of carbonyl (C=O) groups excluding carboxylic acids is 2. The molecule has 0 spiro atoms. The molecular formula is C17H15FN2O3. The fourth-order valence-corrected chi connectivity index (χ4v) is 2.57. The summed E-state index contributed by atoms with van der Waals surface area (Å²) in [6.45, 7) is 0. The fraction of sp³-hybridized carbons (Fsp3) is 0.176. The van der Waals surface area contributed by atoms with Crippen LogP contribution in [0, 0.1) is 5.82 Å². The molecule has 2 aromatic carbocycles. The highest BCUT2D eigenvalue weighted by molar-refractivity contribution is 6.05. The van der Waals surface area contributed by atoms with Crippen LogP contribution in [0.1, 0.15) is 17.9 Å². The highest BCUT2D eigenvalue weighted by Gasteiger charge is 2.30. The van der Waals surface area contributed by atoms with Gasteiger partial charge in [0.2, 0.25) is 11.8 Å². The van der Waals surface area contributed by atoms with E-state index in [4.69, 9.17) is 4.74 Å². The fourth-order valence-electron chi connectivity index (χ4n) is 2.57. The van der Waals surface area contributed by atoms with Gasteiger partial charge in [0, 0.05) is 17.8 Å². The van der Waals surface area contributed by atoms with E-state index in [9.17, 15) is 14.0 Å². The highest BCUT2D eigenvalue weighted by atomic mass is 19.1. The second kappa shape index (κ2) is 6.08. The minimum Gasteiger partial charge on any atom is -0.497 e. The van der Waals surface area contributed by atoms with Crippen molar-refractivity contribution in [3.05, 3.63) is 53.8 Å². The summed E-state index contributed by atoms with van der Waals surface area (Å²) in [5, 5.41) is 5.36. The van der Waals surface area contributed by atoms with Crippen molar-refractivity contribution >= 4 is 23.2 Å². The molecule has 0 saturated carbocycles. The smallest absolute Gasteiger partial charge is 0.232 e. The number of methoxy groups -OCH3 is 1. The van der Waals surface area contributed by atoms with Crippen molar-refractivity contribution in [2.24, 2.45) is 0 Å². The first-order chi connectivity index (χ1) is 11.1. The Morgan fingerprint density at radius 2 is 2.00 bits per heavy atom. The lowest BCUT2D eigenvalue weighted by atomic mass is 9.89. The zero-order valence-corrected chi connectivity index (χ0v) is 12.4. The van der Waals surface area contributed by atoms with Gasteiger partial charge >= 0.3 is 0 Å². The van der Waals surface area contributed by atoms with E-state index in [1.165, 1.54) is 18.2 Å². The maximum absolute atomic E-state index is 13.3. The van der Waals surface area contributed by atoms with Crippen molar-refractivity contribution in [1.29, 1.82) is 0 Å². The average Bonchev–Trinajstić information content (AvgIpc) is 2.54. The van der Waals surface area contributed by atoms with Crippen molar-refractivity contribution in [3.63, 3.8) is 0 Å². The van der Waals surface area contributed by atoms with Gasteiger partial charge in [-0.05, 0) is 42.0 Å². The topological polar surface area (TPSA) is 67.4 Å². The summed E-state index contributed by atoms with van der Waals surface area (Å²) in [7, 11) is 1.56. The van der Waals surface area contributed by atoms with Gasteiger partial charge in [0.25, 0.3) is 0 Å². The predicted octanol–water partition coefficient (Wildman–Crippen LogP) is 2.90. The zero-order valence-electron chi connectivity index (χ0n) is 12.4. The molecular weight excluding hydrogens is 299 g/mol. The molecule has 0 aromatic heterocycles. The molecule has 5 nitrogen and oxygen atoms in total. The molecule has 23 heavy (non-hydrogen) atoms. The standard InChI is InChI=1S/C17H15FN2O3/c1-23-12-5-3-11(4-6-12)19-17(22)14-9-16(21)20-15-8-10(18)2-7-13(14)15/h2-8,14H,9H2,1H3,(H,19,22)(H,20,21). The first-order valence-corrected chi connectivity index (χ1v) is 7.11. The molecule has 2 N–H and O–H groups in total. The molecule has 1 aliphatic rings. The molecule has 3 rings (SSSR count). The van der Waals surface area contributed by atoms with Crippen LogP contribution in [0.5, 0.6) is 5.75 Å². The predicted molar refractivity (Wildman–Crippen MR) is 84.0 cm³/mol. The molecule has 0 saturated heterocycles. The Bertz CT molecular complexity index is 759. The van der Waals surface area contributed by atoms with E-state index >= 15 is 0 Å². The molecule has 1 heterocycles. The third-order valence-electron chi connectivity index (χ3n) is 3.73. The molecule has 118 valence electrons. The van der Waals surface area contributed by atoms with E-state index in [1.54, 1.807) is 31.4 Å². The highest BCUT2D eigenvalue weighted by Crippen LogP contribution is 2.33. The van der Waals surface area contributed by atoms with E-state index in [0.29, 0.717) is 22.7 Å². The normalized spacial score (nSPS) is 16.3. The molecule has 0 bridgehead atoms. The van der Waals surface area contributed by atoms with E-state index in [0.717, 1.165) is 0 Å². The second-order valence-electron chi connectivity index (χ2n) is 5.25. The Balaban J connectivity index is 1.83. The number of hydrogen-bond acceptors (Lipinski definition) is 3. The molecule has 0 fully saturated rings. The average molecular weight is 314 g/mol. The molecule has 0 radical (unpaired) electrons. The molecule has 0 aliphatic carbocycles. The van der Waals surface area contributed by atoms with Crippen molar-refractivity contribution in [2.45, 2.75) is 12.3 Å². The van der Waals surface area contributed by atoms with Gasteiger partial charge in [0.15, 0.2) is 0 Å². The van der Waals surface area contributed by atoms with Crippen LogP contribution in [0.25, 0.3) is 0 Å². The zero-order chi connectivity index (χ0) is 16.4. The summed E-state index contributed by atoms with van der Waals surface area (Å²) in [6, 6.07) is 10.9. The van der Waals surface area contributed by atoms with Crippen LogP contribution in [0.2, 0.25) is 0 Å². The van der Waals surface area contributed by atoms with E-state index in [1.807, 2.05) is 0 Å². The first-order valence-electron chi connectivity index (χ1n) is 7.11. The van der Waals surface area contributed by atoms with Gasteiger partial charge in [-0.3, -0.25) is 9.59 Å². The van der Waals surface area contributed by atoms with Gasteiger partial charge in [0.05, 0.1) is 13.0 Å². The number of rotatable bonds is 3. The summed E-state index contributed by atoms with van der Waals surface area (Å²) < 4.78 is 18.4. The number of halogens is 1. The number of fused-ring (bicyclic) bond motifs is 1. The number of benzene rings is 2. The molecule has 1 atom stereocenters. The number of anilines is 2. The third kappa shape index (κ3) is 3.15. The van der Waals surface area contributed by atoms with Crippen molar-refractivity contribution in [1.82, 2.24) is 0 Å². The minimum absolute atomic E-state index is 0.0284. The van der Waals surface area contributed by atoms with E-state index < -0.39 is 11.7 Å². The summed E-state index contributed by atoms with van der Waals surface area (Å²) in [5.41, 5.74) is 1.55. The lowest BCUT2D eigenvalue weighted by Gasteiger charge is -2.24. The van der Waals surface area contributed by atoms with Crippen LogP contribution in [0.15, 0.2) is 42.5 Å². The van der Waals surface area contributed by atoms with Gasteiger partial charge in [-0.15, -0.1) is 0 Å². The third-order valence-corrected chi connectivity index (χ3v) is 3.73. The summed E-state index contributed by atoms with van der Waals surface area (Å²) in [6.07, 6.45) is 0.0284. The minimum atomic E-state index is -0.651. The molecule has 6 heteroatoms. The quantitative estimate of drug-likeness (QED) is 0.915. The van der Waals surface area contributed by atoms with E-state index in [-0.39, 0.29) is 18.2 Å². The van der Waals surface area contributed by atoms with Crippen molar-refractivity contribution < 1.29 is 18.7 Å². The Morgan fingerprint density at radius 1 is 1.26 bits per heavy atom. The number of nitrogens with one attached hydrogen (secondary N) is 2. The second-order valence-corrected chi connectivity index (χ2v) is 5.25. The van der Waals surface area contributed by atoms with Crippen LogP contribution >= 0.6 is 0 Å². The van der Waals surface area contributed by atoms with Gasteiger partial charge < -0.3 is 15.4 Å². The lowest BCUT2D eigenvalue weighted by molar-refractivity contribution is -0.123. The van der Waals surface area contributed by atoms with Crippen LogP contribution < -0.4 is 15.4 Å². The lowest BCUT2D eigenvalue weighted by Crippen LogP contribution is -2.30. The van der Waals surface area contributed by atoms with Crippen molar-refractivity contribution in [2.75, 3.05) is 17.7 Å². The Morgan fingerprint density at radius 3 is 2.70 bits per heavy atom.